The van der Waals surface area contributed by atoms with Crippen LogP contribution in [-0.4, -0.2) is 18.8 Å². The summed E-state index contributed by atoms with van der Waals surface area (Å²) in [4.78, 5) is 12.7. The van der Waals surface area contributed by atoms with Crippen molar-refractivity contribution in [3.63, 3.8) is 0 Å². The van der Waals surface area contributed by atoms with Crippen LogP contribution in [0, 0.1) is 0 Å². The molecule has 1 heterocycles. The molecule has 0 aliphatic carbocycles. The molecule has 0 aromatic heterocycles. The van der Waals surface area contributed by atoms with E-state index in [9.17, 15) is 4.79 Å². The number of benzene rings is 1. The standard InChI is InChI=1S/C9H8ClN3O/c10-7-3-1-2-4-8(7)13-5-9(14)12-11-6-13/h1-4,6H,5H2,(H,12,14). The normalized spacial score (nSPS) is 15.5. The molecule has 72 valence electrons. The lowest BCUT2D eigenvalue weighted by Crippen LogP contribution is -2.39. The molecule has 5 heteroatoms. The summed E-state index contributed by atoms with van der Waals surface area (Å²) >= 11 is 5.97. The van der Waals surface area contributed by atoms with Crippen LogP contribution >= 0.6 is 11.6 Å². The van der Waals surface area contributed by atoms with Gasteiger partial charge < -0.3 is 4.90 Å². The van der Waals surface area contributed by atoms with Crippen LogP contribution in [-0.2, 0) is 4.79 Å². The molecule has 1 amide bonds. The molecule has 1 aliphatic heterocycles. The van der Waals surface area contributed by atoms with Gasteiger partial charge in [0.05, 0.1) is 10.7 Å². The van der Waals surface area contributed by atoms with Crippen LogP contribution in [0.15, 0.2) is 29.4 Å². The molecular formula is C9H8ClN3O. The van der Waals surface area contributed by atoms with E-state index in [0.29, 0.717) is 5.02 Å². The predicted octanol–water partition coefficient (Wildman–Crippen LogP) is 1.22. The van der Waals surface area contributed by atoms with E-state index in [2.05, 4.69) is 10.5 Å². The zero-order chi connectivity index (χ0) is 9.97. The van der Waals surface area contributed by atoms with Gasteiger partial charge in [-0.2, -0.15) is 5.10 Å². The van der Waals surface area contributed by atoms with E-state index in [4.69, 9.17) is 11.6 Å². The summed E-state index contributed by atoms with van der Waals surface area (Å²) in [5.41, 5.74) is 3.13. The van der Waals surface area contributed by atoms with Crippen LogP contribution < -0.4 is 10.3 Å². The monoisotopic (exact) mass is 209 g/mol. The van der Waals surface area contributed by atoms with E-state index in [1.54, 1.807) is 17.3 Å². The van der Waals surface area contributed by atoms with Crippen LogP contribution in [0.2, 0.25) is 5.02 Å². The van der Waals surface area contributed by atoms with Crippen LogP contribution in [0.1, 0.15) is 0 Å². The first-order valence-corrected chi connectivity index (χ1v) is 4.48. The largest absolute Gasteiger partial charge is 0.320 e. The van der Waals surface area contributed by atoms with Gasteiger partial charge in [0.2, 0.25) is 0 Å². The zero-order valence-electron chi connectivity index (χ0n) is 7.27. The van der Waals surface area contributed by atoms with Gasteiger partial charge in [-0.1, -0.05) is 23.7 Å². The van der Waals surface area contributed by atoms with Crippen molar-refractivity contribution in [3.05, 3.63) is 29.3 Å². The molecule has 1 aromatic rings. The van der Waals surface area contributed by atoms with Crippen LogP contribution in [0.25, 0.3) is 0 Å². The van der Waals surface area contributed by atoms with Gasteiger partial charge in [-0.15, -0.1) is 0 Å². The summed E-state index contributed by atoms with van der Waals surface area (Å²) in [6.07, 6.45) is 1.54. The lowest BCUT2D eigenvalue weighted by molar-refractivity contribution is -0.119. The number of rotatable bonds is 1. The number of anilines is 1. The number of halogens is 1. The minimum Gasteiger partial charge on any atom is -0.320 e. The third-order valence-corrected chi connectivity index (χ3v) is 2.18. The Labute approximate surface area is 86.2 Å². The van der Waals surface area contributed by atoms with Crippen molar-refractivity contribution in [1.29, 1.82) is 0 Å². The third kappa shape index (κ3) is 1.70. The summed E-state index contributed by atoms with van der Waals surface area (Å²) in [5.74, 6) is -0.146. The van der Waals surface area contributed by atoms with Gasteiger partial charge in [-0.3, -0.25) is 4.79 Å². The number of hydrogen-bond acceptors (Lipinski definition) is 3. The maximum absolute atomic E-state index is 11.0. The number of carbonyl (C=O) groups is 1. The molecule has 0 atom stereocenters. The molecule has 0 fully saturated rings. The Bertz CT molecular complexity index is 391. The van der Waals surface area contributed by atoms with Crippen molar-refractivity contribution in [3.8, 4) is 0 Å². The first-order chi connectivity index (χ1) is 6.77. The van der Waals surface area contributed by atoms with Crippen molar-refractivity contribution >= 4 is 29.5 Å². The molecule has 0 unspecified atom stereocenters. The summed E-state index contributed by atoms with van der Waals surface area (Å²) in [7, 11) is 0. The molecule has 2 rings (SSSR count). The van der Waals surface area contributed by atoms with E-state index < -0.39 is 0 Å². The van der Waals surface area contributed by atoms with Gasteiger partial charge >= 0.3 is 0 Å². The second-order valence-electron chi connectivity index (χ2n) is 2.86. The fourth-order valence-corrected chi connectivity index (χ4v) is 1.48. The van der Waals surface area contributed by atoms with Crippen LogP contribution in [0.4, 0.5) is 5.69 Å². The fraction of sp³-hybridized carbons (Fsp3) is 0.111. The number of hydrazone groups is 1. The number of nitrogens with one attached hydrogen (secondary N) is 1. The summed E-state index contributed by atoms with van der Waals surface area (Å²) in [6, 6.07) is 7.32. The Morgan fingerprint density at radius 1 is 1.43 bits per heavy atom. The first-order valence-electron chi connectivity index (χ1n) is 4.10. The van der Waals surface area contributed by atoms with Gasteiger partial charge in [0, 0.05) is 0 Å². The Balaban J connectivity index is 2.31. The average molecular weight is 210 g/mol. The Kier molecular flexibility index (Phi) is 2.37. The molecule has 4 nitrogen and oxygen atoms in total. The second kappa shape index (κ2) is 3.67. The van der Waals surface area contributed by atoms with E-state index in [1.165, 1.54) is 0 Å². The summed E-state index contributed by atoms with van der Waals surface area (Å²) in [5, 5.41) is 4.31. The highest BCUT2D eigenvalue weighted by Gasteiger charge is 2.15. The summed E-state index contributed by atoms with van der Waals surface area (Å²) < 4.78 is 0. The topological polar surface area (TPSA) is 44.7 Å². The molecule has 1 N–H and O–H groups in total. The van der Waals surface area contributed by atoms with E-state index >= 15 is 0 Å². The molecule has 0 saturated carbocycles. The van der Waals surface area contributed by atoms with Gasteiger partial charge in [0.25, 0.3) is 5.91 Å². The average Bonchev–Trinajstić information content (AvgIpc) is 2.18. The Morgan fingerprint density at radius 3 is 2.93 bits per heavy atom. The highest BCUT2D eigenvalue weighted by Crippen LogP contribution is 2.24. The third-order valence-electron chi connectivity index (χ3n) is 1.86. The molecular weight excluding hydrogens is 202 g/mol. The van der Waals surface area contributed by atoms with Crippen molar-refractivity contribution in [2.24, 2.45) is 5.10 Å². The number of hydrogen-bond donors (Lipinski definition) is 1. The first kappa shape index (κ1) is 9.02. The quantitative estimate of drug-likeness (QED) is 0.756. The highest BCUT2D eigenvalue weighted by atomic mass is 35.5. The minimum absolute atomic E-state index is 0.146. The van der Waals surface area contributed by atoms with Gasteiger partial charge in [0.15, 0.2) is 0 Å². The lowest BCUT2D eigenvalue weighted by atomic mass is 10.3. The van der Waals surface area contributed by atoms with Gasteiger partial charge in [-0.05, 0) is 12.1 Å². The number of amides is 1. The maximum atomic E-state index is 11.0. The Morgan fingerprint density at radius 2 is 2.21 bits per heavy atom. The smallest absolute Gasteiger partial charge is 0.260 e. The molecule has 1 aliphatic rings. The molecule has 0 radical (unpaired) electrons. The number of nitrogens with zero attached hydrogens (tertiary/aromatic N) is 2. The van der Waals surface area contributed by atoms with Gasteiger partial charge in [0.1, 0.15) is 12.9 Å². The molecule has 0 spiro atoms. The van der Waals surface area contributed by atoms with Gasteiger partial charge in [-0.25, -0.2) is 5.43 Å². The van der Waals surface area contributed by atoms with Crippen molar-refractivity contribution < 1.29 is 4.79 Å². The SMILES string of the molecule is O=C1CN(c2ccccc2Cl)C=NN1. The highest BCUT2D eigenvalue weighted by molar-refractivity contribution is 6.33. The van der Waals surface area contributed by atoms with Crippen molar-refractivity contribution in [2.75, 3.05) is 11.4 Å². The summed E-state index contributed by atoms with van der Waals surface area (Å²) in [6.45, 7) is 0.243. The van der Waals surface area contributed by atoms with E-state index in [-0.39, 0.29) is 12.5 Å². The fourth-order valence-electron chi connectivity index (χ4n) is 1.23. The van der Waals surface area contributed by atoms with Crippen LogP contribution in [0.5, 0.6) is 0 Å². The number of carbonyl (C=O) groups excluding carboxylic acids is 1. The lowest BCUT2D eigenvalue weighted by Gasteiger charge is -2.22. The molecule has 0 bridgehead atoms. The van der Waals surface area contributed by atoms with E-state index in [1.807, 2.05) is 18.2 Å². The molecule has 14 heavy (non-hydrogen) atoms. The van der Waals surface area contributed by atoms with Crippen molar-refractivity contribution in [1.82, 2.24) is 5.43 Å². The maximum Gasteiger partial charge on any atom is 0.260 e. The molecule has 0 saturated heterocycles. The number of para-hydroxylation sites is 1. The second-order valence-corrected chi connectivity index (χ2v) is 3.27. The zero-order valence-corrected chi connectivity index (χ0v) is 8.03. The van der Waals surface area contributed by atoms with E-state index in [0.717, 1.165) is 5.69 Å². The van der Waals surface area contributed by atoms with Crippen LogP contribution in [0.3, 0.4) is 0 Å². The Hall–Kier alpha value is -1.55. The molecule has 1 aromatic carbocycles. The van der Waals surface area contributed by atoms with Crippen molar-refractivity contribution in [2.45, 2.75) is 0 Å². The predicted molar refractivity (Wildman–Crippen MR) is 55.4 cm³/mol. The minimum atomic E-state index is -0.146.